The zero-order valence-corrected chi connectivity index (χ0v) is 14.2. The van der Waals surface area contributed by atoms with Crippen molar-refractivity contribution in [2.45, 2.75) is 32.4 Å². The van der Waals surface area contributed by atoms with Crippen molar-refractivity contribution < 1.29 is 19.1 Å². The van der Waals surface area contributed by atoms with Gasteiger partial charge >= 0.3 is 5.97 Å². The Morgan fingerprint density at radius 1 is 1.32 bits per heavy atom. The molecule has 1 aromatic heterocycles. The summed E-state index contributed by atoms with van der Waals surface area (Å²) in [4.78, 5) is 25.4. The van der Waals surface area contributed by atoms with E-state index in [4.69, 9.17) is 9.52 Å². The molecule has 0 bridgehead atoms. The van der Waals surface area contributed by atoms with E-state index < -0.39 is 5.97 Å². The van der Waals surface area contributed by atoms with Crippen LogP contribution in [-0.4, -0.2) is 41.0 Å². The number of carbonyl (C=O) groups is 2. The van der Waals surface area contributed by atoms with Crippen LogP contribution in [0.4, 0.5) is 0 Å². The lowest BCUT2D eigenvalue weighted by Crippen LogP contribution is -2.45. The summed E-state index contributed by atoms with van der Waals surface area (Å²) in [7, 11) is 0. The van der Waals surface area contributed by atoms with E-state index in [0.29, 0.717) is 6.54 Å². The summed E-state index contributed by atoms with van der Waals surface area (Å²) < 4.78 is 5.04. The Balaban J connectivity index is 1.59. The molecule has 6 nitrogen and oxygen atoms in total. The fourth-order valence-corrected chi connectivity index (χ4v) is 3.23. The van der Waals surface area contributed by atoms with E-state index in [0.717, 1.165) is 32.2 Å². The SMILES string of the molecule is CCC(CNC(=O)c1cc(C(=O)O)co1)N1CCc2ccccc2C1. The van der Waals surface area contributed by atoms with Gasteiger partial charge < -0.3 is 14.8 Å². The summed E-state index contributed by atoms with van der Waals surface area (Å²) in [6.07, 6.45) is 3.01. The maximum atomic E-state index is 12.2. The second kappa shape index (κ2) is 7.53. The molecule has 1 aliphatic heterocycles. The van der Waals surface area contributed by atoms with Crippen molar-refractivity contribution in [2.75, 3.05) is 13.1 Å². The monoisotopic (exact) mass is 342 g/mol. The van der Waals surface area contributed by atoms with Crippen LogP contribution in [0.25, 0.3) is 0 Å². The number of furan rings is 1. The lowest BCUT2D eigenvalue weighted by Gasteiger charge is -2.35. The normalized spacial score (nSPS) is 15.4. The van der Waals surface area contributed by atoms with Crippen LogP contribution < -0.4 is 5.32 Å². The van der Waals surface area contributed by atoms with Crippen molar-refractivity contribution in [1.29, 1.82) is 0 Å². The third-order valence-corrected chi connectivity index (χ3v) is 4.72. The second-order valence-corrected chi connectivity index (χ2v) is 6.27. The minimum absolute atomic E-state index is 0.0233. The molecule has 25 heavy (non-hydrogen) atoms. The van der Waals surface area contributed by atoms with Crippen molar-refractivity contribution in [3.63, 3.8) is 0 Å². The van der Waals surface area contributed by atoms with Gasteiger partial charge in [-0.2, -0.15) is 0 Å². The van der Waals surface area contributed by atoms with Crippen molar-refractivity contribution in [3.05, 3.63) is 59.0 Å². The molecule has 2 aromatic rings. The van der Waals surface area contributed by atoms with Crippen LogP contribution in [0.1, 0.15) is 45.4 Å². The van der Waals surface area contributed by atoms with Gasteiger partial charge in [-0.05, 0) is 24.0 Å². The molecule has 0 aliphatic carbocycles. The number of benzene rings is 1. The molecule has 0 saturated heterocycles. The lowest BCUT2D eigenvalue weighted by atomic mass is 9.98. The number of nitrogens with one attached hydrogen (secondary N) is 1. The van der Waals surface area contributed by atoms with Gasteiger partial charge in [0.1, 0.15) is 6.26 Å². The highest BCUT2D eigenvalue weighted by Crippen LogP contribution is 2.21. The predicted octanol–water partition coefficient (Wildman–Crippen LogP) is 2.54. The summed E-state index contributed by atoms with van der Waals surface area (Å²) in [6.45, 7) is 4.46. The smallest absolute Gasteiger partial charge is 0.338 e. The minimum Gasteiger partial charge on any atom is -0.478 e. The highest BCUT2D eigenvalue weighted by atomic mass is 16.4. The van der Waals surface area contributed by atoms with E-state index >= 15 is 0 Å². The minimum atomic E-state index is -1.11. The second-order valence-electron chi connectivity index (χ2n) is 6.27. The van der Waals surface area contributed by atoms with Gasteiger partial charge in [0.2, 0.25) is 0 Å². The molecule has 1 atom stereocenters. The number of nitrogens with zero attached hydrogens (tertiary/aromatic N) is 1. The average molecular weight is 342 g/mol. The summed E-state index contributed by atoms with van der Waals surface area (Å²) in [5.41, 5.74) is 2.72. The Morgan fingerprint density at radius 3 is 2.76 bits per heavy atom. The van der Waals surface area contributed by atoms with Gasteiger partial charge in [0, 0.05) is 31.7 Å². The number of rotatable bonds is 6. The number of hydrogen-bond donors (Lipinski definition) is 2. The van der Waals surface area contributed by atoms with Crippen LogP contribution in [-0.2, 0) is 13.0 Å². The van der Waals surface area contributed by atoms with E-state index in [2.05, 4.69) is 41.4 Å². The molecule has 0 saturated carbocycles. The van der Waals surface area contributed by atoms with Gasteiger partial charge in [0.25, 0.3) is 5.91 Å². The zero-order valence-electron chi connectivity index (χ0n) is 14.2. The number of amides is 1. The molecule has 132 valence electrons. The van der Waals surface area contributed by atoms with Gasteiger partial charge in [-0.1, -0.05) is 31.2 Å². The molecule has 1 aliphatic rings. The number of hydrogen-bond acceptors (Lipinski definition) is 4. The largest absolute Gasteiger partial charge is 0.478 e. The third kappa shape index (κ3) is 3.91. The van der Waals surface area contributed by atoms with Crippen molar-refractivity contribution in [3.8, 4) is 0 Å². The van der Waals surface area contributed by atoms with Crippen LogP contribution in [0.15, 0.2) is 41.0 Å². The first kappa shape index (κ1) is 17.2. The molecule has 1 aromatic carbocycles. The molecule has 2 N–H and O–H groups in total. The van der Waals surface area contributed by atoms with Crippen LogP contribution in [0.2, 0.25) is 0 Å². The Kier molecular flexibility index (Phi) is 5.19. The first-order valence-electron chi connectivity index (χ1n) is 8.49. The summed E-state index contributed by atoms with van der Waals surface area (Å²) in [5, 5.41) is 11.7. The number of carboxylic acids is 1. The van der Waals surface area contributed by atoms with Crippen LogP contribution in [0.5, 0.6) is 0 Å². The Bertz CT molecular complexity index is 768. The molecule has 1 amide bonds. The number of carbonyl (C=O) groups excluding carboxylic acids is 1. The number of fused-ring (bicyclic) bond motifs is 1. The molecule has 0 radical (unpaired) electrons. The Morgan fingerprint density at radius 2 is 2.08 bits per heavy atom. The Hall–Kier alpha value is -2.60. The zero-order chi connectivity index (χ0) is 17.8. The molecule has 2 heterocycles. The van der Waals surface area contributed by atoms with Crippen molar-refractivity contribution in [1.82, 2.24) is 10.2 Å². The topological polar surface area (TPSA) is 82.8 Å². The highest BCUT2D eigenvalue weighted by Gasteiger charge is 2.23. The van der Waals surface area contributed by atoms with Gasteiger partial charge in [0.05, 0.1) is 5.56 Å². The standard InChI is InChI=1S/C19H22N2O4/c1-2-16(21-8-7-13-5-3-4-6-14(13)11-21)10-20-18(22)17-9-15(12-25-17)19(23)24/h3-6,9,12,16H,2,7-8,10-11H2,1H3,(H,20,22)(H,23,24). The first-order chi connectivity index (χ1) is 12.1. The fraction of sp³-hybridized carbons (Fsp3) is 0.368. The summed E-state index contributed by atoms with van der Waals surface area (Å²) in [6, 6.07) is 9.93. The molecule has 3 rings (SSSR count). The van der Waals surface area contributed by atoms with Crippen molar-refractivity contribution in [2.24, 2.45) is 0 Å². The molecule has 1 unspecified atom stereocenters. The quantitative estimate of drug-likeness (QED) is 0.843. The molecule has 6 heteroatoms. The van der Waals surface area contributed by atoms with Crippen LogP contribution in [0.3, 0.4) is 0 Å². The molecule has 0 fully saturated rings. The van der Waals surface area contributed by atoms with Gasteiger partial charge in [0.15, 0.2) is 5.76 Å². The van der Waals surface area contributed by atoms with Gasteiger partial charge in [-0.25, -0.2) is 4.79 Å². The van der Waals surface area contributed by atoms with Gasteiger partial charge in [-0.3, -0.25) is 9.69 Å². The predicted molar refractivity (Wildman–Crippen MR) is 92.6 cm³/mol. The highest BCUT2D eigenvalue weighted by molar-refractivity contribution is 5.95. The Labute approximate surface area is 146 Å². The fourth-order valence-electron chi connectivity index (χ4n) is 3.23. The van der Waals surface area contributed by atoms with E-state index in [1.165, 1.54) is 17.2 Å². The third-order valence-electron chi connectivity index (χ3n) is 4.72. The summed E-state index contributed by atoms with van der Waals surface area (Å²) in [5.74, 6) is -1.47. The van der Waals surface area contributed by atoms with E-state index in [1.807, 2.05) is 0 Å². The molecule has 0 spiro atoms. The van der Waals surface area contributed by atoms with Crippen LogP contribution in [0, 0.1) is 0 Å². The van der Waals surface area contributed by atoms with E-state index in [1.54, 1.807) is 0 Å². The maximum absolute atomic E-state index is 12.2. The average Bonchev–Trinajstić information content (AvgIpc) is 3.12. The van der Waals surface area contributed by atoms with Crippen LogP contribution >= 0.6 is 0 Å². The first-order valence-corrected chi connectivity index (χ1v) is 8.49. The van der Waals surface area contributed by atoms with Crippen molar-refractivity contribution >= 4 is 11.9 Å². The molecular weight excluding hydrogens is 320 g/mol. The number of aromatic carboxylic acids is 1. The maximum Gasteiger partial charge on any atom is 0.338 e. The number of carboxylic acid groups (broad SMARTS) is 1. The van der Waals surface area contributed by atoms with E-state index in [-0.39, 0.29) is 23.3 Å². The molecular formula is C19H22N2O4. The summed E-state index contributed by atoms with van der Waals surface area (Å²) >= 11 is 0. The van der Waals surface area contributed by atoms with Gasteiger partial charge in [-0.15, -0.1) is 0 Å². The lowest BCUT2D eigenvalue weighted by molar-refractivity contribution is 0.0695. The van der Waals surface area contributed by atoms with E-state index in [9.17, 15) is 9.59 Å².